The van der Waals surface area contributed by atoms with Gasteiger partial charge < -0.3 is 0 Å². The van der Waals surface area contributed by atoms with Gasteiger partial charge in [-0.05, 0) is 0 Å². The van der Waals surface area contributed by atoms with Crippen molar-refractivity contribution in [2.75, 3.05) is 0 Å². The van der Waals surface area contributed by atoms with Gasteiger partial charge in [0.15, 0.2) is 0 Å². The summed E-state index contributed by atoms with van der Waals surface area (Å²) in [6, 6.07) is 6.50. The Morgan fingerprint density at radius 3 is 1.71 bits per heavy atom. The van der Waals surface area contributed by atoms with Gasteiger partial charge in [-0.25, -0.2) is 0 Å². The molecule has 0 aliphatic carbocycles. The second kappa shape index (κ2) is 5.00. The molecule has 0 unspecified atom stereocenters. The molecule has 1 aromatic rings. The van der Waals surface area contributed by atoms with Crippen molar-refractivity contribution in [3.63, 3.8) is 0 Å². The maximum absolute atomic E-state index is 4.41. The van der Waals surface area contributed by atoms with Crippen molar-refractivity contribution in [3.05, 3.63) is 29.3 Å². The van der Waals surface area contributed by atoms with Gasteiger partial charge in [-0.1, -0.05) is 0 Å². The number of nitrogens with zero attached hydrogens (tertiary/aromatic N) is 1. The van der Waals surface area contributed by atoms with Gasteiger partial charge in [0, 0.05) is 0 Å². The van der Waals surface area contributed by atoms with E-state index in [1.54, 1.807) is 0 Å². The molecule has 0 aromatic heterocycles. The maximum atomic E-state index is 4.41. The first kappa shape index (κ1) is 11.8. The van der Waals surface area contributed by atoms with Crippen LogP contribution in [0.3, 0.4) is 0 Å². The Balaban J connectivity index is 3.32. The molecule has 2 heteroatoms. The van der Waals surface area contributed by atoms with E-state index in [1.807, 2.05) is 20.3 Å². The molecule has 73 valence electrons. The van der Waals surface area contributed by atoms with Crippen molar-refractivity contribution in [1.29, 1.82) is 0 Å². The Hall–Kier alpha value is -0.266. The molecule has 0 spiro atoms. The summed E-state index contributed by atoms with van der Waals surface area (Å²) < 4.78 is 4.41. The second-order valence-electron chi connectivity index (χ2n) is 4.21. The van der Waals surface area contributed by atoms with E-state index in [0.717, 1.165) is 0 Å². The van der Waals surface area contributed by atoms with E-state index in [2.05, 4.69) is 49.3 Å². The van der Waals surface area contributed by atoms with E-state index in [4.69, 9.17) is 0 Å². The molecule has 1 rings (SSSR count). The molecule has 0 heterocycles. The Labute approximate surface area is 98.2 Å². The first-order valence-electron chi connectivity index (χ1n) is 5.08. The first-order chi connectivity index (χ1) is 6.57. The van der Waals surface area contributed by atoms with Crippen molar-refractivity contribution >= 4 is 5.69 Å². The molecular weight excluding hydrogens is 206 g/mol. The molecule has 0 radical (unpaired) electrons. The monoisotopic (exact) mass is 223 g/mol. The predicted octanol–water partition coefficient (Wildman–Crippen LogP) is 4.30. The summed E-state index contributed by atoms with van der Waals surface area (Å²) in [5.41, 5.74) is 3.91. The topological polar surface area (TPSA) is 12.4 Å². The van der Waals surface area contributed by atoms with Gasteiger partial charge in [0.05, 0.1) is 0 Å². The van der Waals surface area contributed by atoms with Gasteiger partial charge in [0.25, 0.3) is 0 Å². The van der Waals surface area contributed by atoms with Crippen LogP contribution in [0, 0.1) is 0 Å². The molecule has 14 heavy (non-hydrogen) atoms. The van der Waals surface area contributed by atoms with Gasteiger partial charge in [-0.2, -0.15) is 0 Å². The molecule has 0 atom stereocenters. The van der Waals surface area contributed by atoms with E-state index in [0.29, 0.717) is 11.8 Å². The van der Waals surface area contributed by atoms with Crippen molar-refractivity contribution in [1.82, 2.24) is 0 Å². The molecule has 1 aromatic carbocycles. The van der Waals surface area contributed by atoms with E-state index in [9.17, 15) is 0 Å². The van der Waals surface area contributed by atoms with Gasteiger partial charge in [-0.15, -0.1) is 0 Å². The quantitative estimate of drug-likeness (QED) is 0.677. The summed E-state index contributed by atoms with van der Waals surface area (Å²) in [6.07, 6.45) is 0. The van der Waals surface area contributed by atoms with Crippen LogP contribution in [0.5, 0.6) is 0 Å². The third kappa shape index (κ3) is 2.40. The van der Waals surface area contributed by atoms with Crippen molar-refractivity contribution in [2.45, 2.75) is 39.5 Å². The zero-order valence-electron chi connectivity index (χ0n) is 9.33. The summed E-state index contributed by atoms with van der Waals surface area (Å²) >= 11 is 1.88. The molecular formula is C12H17NTi+. The fourth-order valence-corrected chi connectivity index (χ4v) is 2.04. The summed E-state index contributed by atoms with van der Waals surface area (Å²) in [5.74, 6) is 1.10. The molecule has 0 saturated heterocycles. The third-order valence-corrected chi connectivity index (χ3v) is 2.80. The SMILES string of the molecule is CC(C)c1cccc(C(C)C)c1[N]=[Ti+]. The van der Waals surface area contributed by atoms with Crippen LogP contribution in [0.25, 0.3) is 0 Å². The molecule has 0 saturated carbocycles. The van der Waals surface area contributed by atoms with E-state index >= 15 is 0 Å². The fraction of sp³-hybridized carbons (Fsp3) is 0.500. The van der Waals surface area contributed by atoms with Gasteiger partial charge in [0.1, 0.15) is 0 Å². The summed E-state index contributed by atoms with van der Waals surface area (Å²) in [5, 5.41) is 0. The molecule has 0 amide bonds. The normalized spacial score (nSPS) is 11.1. The summed E-state index contributed by atoms with van der Waals surface area (Å²) in [6.45, 7) is 8.87. The van der Waals surface area contributed by atoms with Crippen LogP contribution in [0.15, 0.2) is 21.6 Å². The molecule has 0 aliphatic rings. The van der Waals surface area contributed by atoms with E-state index in [1.165, 1.54) is 16.8 Å². The molecule has 0 N–H and O–H groups in total. The fourth-order valence-electron chi connectivity index (χ4n) is 1.64. The van der Waals surface area contributed by atoms with Gasteiger partial charge >= 0.3 is 98.2 Å². The van der Waals surface area contributed by atoms with Crippen molar-refractivity contribution in [3.8, 4) is 0 Å². The molecule has 0 fully saturated rings. The Kier molecular flexibility index (Phi) is 4.21. The van der Waals surface area contributed by atoms with Crippen LogP contribution in [-0.4, -0.2) is 0 Å². The van der Waals surface area contributed by atoms with Crippen LogP contribution < -0.4 is 0 Å². The second-order valence-corrected chi connectivity index (χ2v) is 4.56. The standard InChI is InChI=1S/C12H17N.Ti/c1-8(2)10-6-5-7-11(9(3)4)12(10)13;/h5-9H,1-4H3;/q;+1. The number of rotatable bonds is 3. The van der Waals surface area contributed by atoms with E-state index in [-0.39, 0.29) is 0 Å². The minimum atomic E-state index is 0.549. The van der Waals surface area contributed by atoms with Crippen LogP contribution in [0.2, 0.25) is 0 Å². The van der Waals surface area contributed by atoms with Crippen molar-refractivity contribution in [2.24, 2.45) is 3.42 Å². The van der Waals surface area contributed by atoms with Gasteiger partial charge in [-0.3, -0.25) is 0 Å². The van der Waals surface area contributed by atoms with Crippen LogP contribution in [0.1, 0.15) is 50.7 Å². The molecule has 0 bridgehead atoms. The Morgan fingerprint density at radius 1 is 1.00 bits per heavy atom. The van der Waals surface area contributed by atoms with Gasteiger partial charge in [0.2, 0.25) is 0 Å². The Morgan fingerprint density at radius 2 is 1.43 bits per heavy atom. The summed E-state index contributed by atoms with van der Waals surface area (Å²) in [4.78, 5) is 0. The zero-order chi connectivity index (χ0) is 10.7. The number of hydrogen-bond donors (Lipinski definition) is 0. The number of benzene rings is 1. The minimum absolute atomic E-state index is 0.549. The molecule has 0 aliphatic heterocycles. The first-order valence-corrected chi connectivity index (χ1v) is 5.78. The summed E-state index contributed by atoms with van der Waals surface area (Å²) in [7, 11) is 0. The Bertz CT molecular complexity index is 303. The van der Waals surface area contributed by atoms with E-state index < -0.39 is 0 Å². The van der Waals surface area contributed by atoms with Crippen LogP contribution in [-0.2, 0) is 20.3 Å². The third-order valence-electron chi connectivity index (χ3n) is 2.45. The average Bonchev–Trinajstić information content (AvgIpc) is 2.16. The number of hydrogen-bond acceptors (Lipinski definition) is 1. The zero-order valence-corrected chi connectivity index (χ0v) is 10.9. The van der Waals surface area contributed by atoms with Crippen LogP contribution >= 0.6 is 0 Å². The average molecular weight is 223 g/mol. The van der Waals surface area contributed by atoms with Crippen molar-refractivity contribution < 1.29 is 20.3 Å². The molecule has 1 nitrogen and oxygen atoms in total. The van der Waals surface area contributed by atoms with Crippen LogP contribution in [0.4, 0.5) is 5.69 Å². The predicted molar refractivity (Wildman–Crippen MR) is 56.7 cm³/mol.